The molecule has 29 heavy (non-hydrogen) atoms. The van der Waals surface area contributed by atoms with Crippen molar-refractivity contribution in [3.05, 3.63) is 65.7 Å². The van der Waals surface area contributed by atoms with Gasteiger partial charge in [0.05, 0.1) is 11.7 Å². The summed E-state index contributed by atoms with van der Waals surface area (Å²) >= 11 is 0. The minimum absolute atomic E-state index is 0.0811. The van der Waals surface area contributed by atoms with Crippen molar-refractivity contribution in [3.63, 3.8) is 0 Å². The Hall–Kier alpha value is -2.27. The number of carbonyl (C=O) groups is 1. The van der Waals surface area contributed by atoms with Crippen LogP contribution in [0.4, 0.5) is 4.39 Å². The number of aromatic nitrogens is 1. The van der Waals surface area contributed by atoms with Gasteiger partial charge in [-0.3, -0.25) is 14.7 Å². The fourth-order valence-corrected chi connectivity index (χ4v) is 4.47. The van der Waals surface area contributed by atoms with Gasteiger partial charge in [0.15, 0.2) is 0 Å². The van der Waals surface area contributed by atoms with Gasteiger partial charge in [0, 0.05) is 24.7 Å². The summed E-state index contributed by atoms with van der Waals surface area (Å²) in [6.45, 7) is 1.75. The van der Waals surface area contributed by atoms with Crippen molar-refractivity contribution in [3.8, 4) is 0 Å². The number of piperidine rings is 1. The second kappa shape index (κ2) is 9.49. The zero-order valence-electron chi connectivity index (χ0n) is 16.9. The first-order chi connectivity index (χ1) is 14.2. The third-order valence-corrected chi connectivity index (χ3v) is 6.37. The van der Waals surface area contributed by atoms with Gasteiger partial charge in [-0.25, -0.2) is 4.39 Å². The molecule has 4 rings (SSSR count). The molecule has 0 radical (unpaired) electrons. The lowest BCUT2D eigenvalue weighted by atomic mass is 9.84. The van der Waals surface area contributed by atoms with E-state index in [9.17, 15) is 9.18 Å². The molecule has 0 bridgehead atoms. The van der Waals surface area contributed by atoms with Gasteiger partial charge in [0.25, 0.3) is 0 Å². The normalized spacial score (nSPS) is 21.3. The second-order valence-corrected chi connectivity index (χ2v) is 8.43. The van der Waals surface area contributed by atoms with Gasteiger partial charge >= 0.3 is 0 Å². The maximum absolute atomic E-state index is 13.6. The third-order valence-electron chi connectivity index (χ3n) is 6.37. The molecule has 2 fully saturated rings. The highest BCUT2D eigenvalue weighted by atomic mass is 19.1. The SMILES string of the molecule is O=C(N[C@@H](C[C@@H]1CCCCN1Cc1cccc(F)c1)c1ccccn1)C1CCC1. The molecule has 1 saturated heterocycles. The summed E-state index contributed by atoms with van der Waals surface area (Å²) in [5.74, 6) is 0.144. The summed E-state index contributed by atoms with van der Waals surface area (Å²) in [5.41, 5.74) is 1.93. The van der Waals surface area contributed by atoms with Crippen molar-refractivity contribution in [2.75, 3.05) is 6.54 Å². The molecule has 2 atom stereocenters. The first kappa shape index (κ1) is 20.0. The van der Waals surface area contributed by atoms with Crippen LogP contribution in [0.25, 0.3) is 0 Å². The number of nitrogens with one attached hydrogen (secondary N) is 1. The van der Waals surface area contributed by atoms with Gasteiger partial charge in [-0.2, -0.15) is 0 Å². The van der Waals surface area contributed by atoms with Crippen molar-refractivity contribution in [1.82, 2.24) is 15.2 Å². The largest absolute Gasteiger partial charge is 0.347 e. The van der Waals surface area contributed by atoms with Crippen LogP contribution in [-0.4, -0.2) is 28.4 Å². The third kappa shape index (κ3) is 5.21. The van der Waals surface area contributed by atoms with Crippen LogP contribution >= 0.6 is 0 Å². The Bertz CT molecular complexity index is 809. The van der Waals surface area contributed by atoms with E-state index in [1.807, 2.05) is 24.3 Å². The Morgan fingerprint density at radius 2 is 2.03 bits per heavy atom. The van der Waals surface area contributed by atoms with E-state index in [1.54, 1.807) is 18.3 Å². The van der Waals surface area contributed by atoms with Crippen molar-refractivity contribution in [2.45, 2.75) is 63.6 Å². The number of likely N-dealkylation sites (tertiary alicyclic amines) is 1. The van der Waals surface area contributed by atoms with E-state index in [4.69, 9.17) is 0 Å². The summed E-state index contributed by atoms with van der Waals surface area (Å²) < 4.78 is 13.6. The lowest BCUT2D eigenvalue weighted by molar-refractivity contribution is -0.128. The van der Waals surface area contributed by atoms with Gasteiger partial charge in [0.2, 0.25) is 5.91 Å². The molecule has 1 aliphatic carbocycles. The molecular weight excluding hydrogens is 365 g/mol. The van der Waals surface area contributed by atoms with E-state index in [0.717, 1.165) is 62.9 Å². The summed E-state index contributed by atoms with van der Waals surface area (Å²) in [6, 6.07) is 13.0. The lowest BCUT2D eigenvalue weighted by Crippen LogP contribution is -2.44. The number of hydrogen-bond donors (Lipinski definition) is 1. The summed E-state index contributed by atoms with van der Waals surface area (Å²) in [5, 5.41) is 3.29. The highest BCUT2D eigenvalue weighted by molar-refractivity contribution is 5.79. The number of rotatable bonds is 7. The molecule has 1 saturated carbocycles. The number of amides is 1. The molecule has 1 aromatic carbocycles. The monoisotopic (exact) mass is 395 g/mol. The highest BCUT2D eigenvalue weighted by Crippen LogP contribution is 2.30. The number of nitrogens with zero attached hydrogens (tertiary/aromatic N) is 2. The predicted octanol–water partition coefficient (Wildman–Crippen LogP) is 4.62. The van der Waals surface area contributed by atoms with Gasteiger partial charge < -0.3 is 5.32 Å². The molecule has 1 aromatic heterocycles. The molecule has 2 heterocycles. The standard InChI is InChI=1S/C24H30FN3O/c25-20-10-5-7-18(15-20)17-28-14-4-2-11-21(28)16-23(22-12-1-3-13-26-22)27-24(29)19-8-6-9-19/h1,3,5,7,10,12-13,15,19,21,23H,2,4,6,8-9,11,14,16-17H2,(H,27,29)/t21-,23-/m0/s1. The Kier molecular flexibility index (Phi) is 6.55. The second-order valence-electron chi connectivity index (χ2n) is 8.43. The molecule has 0 spiro atoms. The fraction of sp³-hybridized carbons (Fsp3) is 0.500. The summed E-state index contributed by atoms with van der Waals surface area (Å²) in [6.07, 6.45) is 9.22. The smallest absolute Gasteiger partial charge is 0.223 e. The quantitative estimate of drug-likeness (QED) is 0.744. The van der Waals surface area contributed by atoms with Gasteiger partial charge in [0.1, 0.15) is 5.82 Å². The Labute approximate surface area is 172 Å². The van der Waals surface area contributed by atoms with Crippen LogP contribution in [0.2, 0.25) is 0 Å². The van der Waals surface area contributed by atoms with E-state index in [2.05, 4.69) is 15.2 Å². The summed E-state index contributed by atoms with van der Waals surface area (Å²) in [4.78, 5) is 19.7. The molecule has 0 unspecified atom stereocenters. The van der Waals surface area contributed by atoms with Crippen LogP contribution in [0.3, 0.4) is 0 Å². The molecule has 1 N–H and O–H groups in total. The fourth-order valence-electron chi connectivity index (χ4n) is 4.47. The minimum Gasteiger partial charge on any atom is -0.347 e. The van der Waals surface area contributed by atoms with E-state index < -0.39 is 0 Å². The van der Waals surface area contributed by atoms with Gasteiger partial charge in [-0.15, -0.1) is 0 Å². The Morgan fingerprint density at radius 3 is 2.76 bits per heavy atom. The van der Waals surface area contributed by atoms with Crippen molar-refractivity contribution >= 4 is 5.91 Å². The molecule has 154 valence electrons. The van der Waals surface area contributed by atoms with E-state index in [1.165, 1.54) is 12.5 Å². The van der Waals surface area contributed by atoms with Crippen LogP contribution in [0, 0.1) is 11.7 Å². The average molecular weight is 396 g/mol. The maximum Gasteiger partial charge on any atom is 0.223 e. The van der Waals surface area contributed by atoms with Crippen molar-refractivity contribution in [2.24, 2.45) is 5.92 Å². The van der Waals surface area contributed by atoms with Crippen molar-refractivity contribution < 1.29 is 9.18 Å². The predicted molar refractivity (Wildman–Crippen MR) is 112 cm³/mol. The topological polar surface area (TPSA) is 45.2 Å². The van der Waals surface area contributed by atoms with Crippen LogP contribution in [0.5, 0.6) is 0 Å². The molecule has 2 aliphatic rings. The van der Waals surface area contributed by atoms with Crippen LogP contribution in [-0.2, 0) is 11.3 Å². The number of carbonyl (C=O) groups excluding carboxylic acids is 1. The van der Waals surface area contributed by atoms with Gasteiger partial charge in [-0.05, 0) is 68.5 Å². The zero-order valence-corrected chi connectivity index (χ0v) is 16.9. The van der Waals surface area contributed by atoms with Gasteiger partial charge in [-0.1, -0.05) is 31.0 Å². The minimum atomic E-state index is -0.185. The Balaban J connectivity index is 1.48. The number of pyridine rings is 1. The number of benzene rings is 1. The molecule has 2 aromatic rings. The maximum atomic E-state index is 13.6. The first-order valence-corrected chi connectivity index (χ1v) is 10.9. The van der Waals surface area contributed by atoms with Crippen molar-refractivity contribution in [1.29, 1.82) is 0 Å². The first-order valence-electron chi connectivity index (χ1n) is 10.9. The highest BCUT2D eigenvalue weighted by Gasteiger charge is 2.31. The molecule has 5 heteroatoms. The van der Waals surface area contributed by atoms with E-state index in [0.29, 0.717) is 6.04 Å². The molecule has 1 amide bonds. The number of hydrogen-bond acceptors (Lipinski definition) is 3. The Morgan fingerprint density at radius 1 is 1.14 bits per heavy atom. The lowest BCUT2D eigenvalue weighted by Gasteiger charge is -2.38. The molecule has 1 aliphatic heterocycles. The average Bonchev–Trinajstić information content (AvgIpc) is 2.68. The van der Waals surface area contributed by atoms with Crippen LogP contribution < -0.4 is 5.32 Å². The molecular formula is C24H30FN3O. The molecule has 4 nitrogen and oxygen atoms in total. The van der Waals surface area contributed by atoms with E-state index >= 15 is 0 Å². The summed E-state index contributed by atoms with van der Waals surface area (Å²) in [7, 11) is 0. The number of halogens is 1. The zero-order chi connectivity index (χ0) is 20.1. The van der Waals surface area contributed by atoms with Crippen LogP contribution in [0.15, 0.2) is 48.7 Å². The van der Waals surface area contributed by atoms with Crippen LogP contribution in [0.1, 0.15) is 62.2 Å². The van der Waals surface area contributed by atoms with E-state index in [-0.39, 0.29) is 23.7 Å².